The van der Waals surface area contributed by atoms with Crippen LogP contribution in [-0.2, 0) is 27.1 Å². The predicted molar refractivity (Wildman–Crippen MR) is 112 cm³/mol. The molecule has 1 heterocycles. The number of amides is 1. The van der Waals surface area contributed by atoms with Crippen LogP contribution >= 0.6 is 11.3 Å². The van der Waals surface area contributed by atoms with E-state index in [-0.39, 0.29) is 24.5 Å². The van der Waals surface area contributed by atoms with Gasteiger partial charge in [0.1, 0.15) is 5.00 Å². The number of benzene rings is 1. The lowest BCUT2D eigenvalue weighted by atomic mass is 10.1. The first-order valence-electron chi connectivity index (χ1n) is 9.46. The van der Waals surface area contributed by atoms with Crippen LogP contribution in [0.1, 0.15) is 51.4 Å². The zero-order chi connectivity index (χ0) is 21.0. The molecule has 0 radical (unpaired) electrons. The second-order valence-electron chi connectivity index (χ2n) is 6.99. The third-order valence-electron chi connectivity index (χ3n) is 4.48. The monoisotopic (exact) mass is 416 g/mol. The van der Waals surface area contributed by atoms with Crippen LogP contribution in [0.3, 0.4) is 0 Å². The summed E-state index contributed by atoms with van der Waals surface area (Å²) in [6.45, 7) is 3.61. The van der Waals surface area contributed by atoms with Gasteiger partial charge in [0.25, 0.3) is 0 Å². The molecule has 7 nitrogen and oxygen atoms in total. The third-order valence-corrected chi connectivity index (χ3v) is 5.69. The molecule has 0 saturated heterocycles. The molecule has 1 aromatic heterocycles. The molecular formula is C21H24N2O5S. The quantitative estimate of drug-likeness (QED) is 0.670. The van der Waals surface area contributed by atoms with E-state index in [1.54, 1.807) is 38.1 Å². The van der Waals surface area contributed by atoms with Gasteiger partial charge in [0.2, 0.25) is 5.91 Å². The van der Waals surface area contributed by atoms with Crippen molar-refractivity contribution in [2.75, 3.05) is 24.3 Å². The van der Waals surface area contributed by atoms with Crippen LogP contribution in [0.4, 0.5) is 10.7 Å². The molecule has 0 atom stereocenters. The summed E-state index contributed by atoms with van der Waals surface area (Å²) in [5.41, 5.74) is 2.62. The Hall–Kier alpha value is -2.87. The minimum atomic E-state index is -0.420. The van der Waals surface area contributed by atoms with Crippen molar-refractivity contribution in [1.82, 2.24) is 0 Å². The summed E-state index contributed by atoms with van der Waals surface area (Å²) < 4.78 is 10.0. The first kappa shape index (κ1) is 20.9. The smallest absolute Gasteiger partial charge is 0.341 e. The fraction of sp³-hybridized carbons (Fsp3) is 0.381. The molecule has 1 amide bonds. The number of nitrogens with one attached hydrogen (secondary N) is 2. The Morgan fingerprint density at radius 3 is 2.48 bits per heavy atom. The van der Waals surface area contributed by atoms with Crippen molar-refractivity contribution in [3.05, 3.63) is 45.8 Å². The van der Waals surface area contributed by atoms with Gasteiger partial charge in [-0.3, -0.25) is 4.79 Å². The summed E-state index contributed by atoms with van der Waals surface area (Å²) in [5.74, 6) is -1.07. The Morgan fingerprint density at radius 2 is 1.83 bits per heavy atom. The number of carbonyl (C=O) groups excluding carboxylic acids is 3. The summed E-state index contributed by atoms with van der Waals surface area (Å²) in [6.07, 6.45) is 2.58. The van der Waals surface area contributed by atoms with Gasteiger partial charge in [-0.1, -0.05) is 0 Å². The largest absolute Gasteiger partial charge is 0.465 e. The van der Waals surface area contributed by atoms with Gasteiger partial charge in [0.15, 0.2) is 0 Å². The molecule has 0 aliphatic heterocycles. The second kappa shape index (κ2) is 9.09. The fourth-order valence-electron chi connectivity index (χ4n) is 3.17. The normalized spacial score (nSPS) is 12.4. The number of hydrogen-bond acceptors (Lipinski definition) is 7. The SMILES string of the molecule is COC(=O)c1c(NC(=O)CNc2ccc(C(=O)OC(C)C)cc2)sc2c1CCC2. The minimum absolute atomic E-state index is 0.0268. The Labute approximate surface area is 173 Å². The molecule has 154 valence electrons. The van der Waals surface area contributed by atoms with Gasteiger partial charge in [-0.15, -0.1) is 11.3 Å². The maximum atomic E-state index is 12.4. The van der Waals surface area contributed by atoms with Crippen LogP contribution in [0.5, 0.6) is 0 Å². The maximum absolute atomic E-state index is 12.4. The number of methoxy groups -OCH3 is 1. The van der Waals surface area contributed by atoms with E-state index in [0.717, 1.165) is 29.7 Å². The fourth-order valence-corrected chi connectivity index (χ4v) is 4.46. The molecule has 0 spiro atoms. The number of rotatable bonds is 7. The van der Waals surface area contributed by atoms with Gasteiger partial charge in [0, 0.05) is 10.6 Å². The lowest BCUT2D eigenvalue weighted by Gasteiger charge is -2.10. The van der Waals surface area contributed by atoms with E-state index >= 15 is 0 Å². The maximum Gasteiger partial charge on any atom is 0.341 e. The zero-order valence-electron chi connectivity index (χ0n) is 16.7. The second-order valence-corrected chi connectivity index (χ2v) is 8.09. The average molecular weight is 416 g/mol. The van der Waals surface area contributed by atoms with Crippen LogP contribution in [0.2, 0.25) is 0 Å². The van der Waals surface area contributed by atoms with Gasteiger partial charge < -0.3 is 20.1 Å². The molecule has 0 fully saturated rings. The number of anilines is 2. The van der Waals surface area contributed by atoms with E-state index in [2.05, 4.69) is 10.6 Å². The molecule has 0 bridgehead atoms. The Morgan fingerprint density at radius 1 is 1.10 bits per heavy atom. The first-order chi connectivity index (χ1) is 13.9. The highest BCUT2D eigenvalue weighted by Gasteiger charge is 2.27. The van der Waals surface area contributed by atoms with E-state index in [9.17, 15) is 14.4 Å². The van der Waals surface area contributed by atoms with Crippen molar-refractivity contribution in [3.63, 3.8) is 0 Å². The molecule has 8 heteroatoms. The summed E-state index contributed by atoms with van der Waals surface area (Å²) in [7, 11) is 1.34. The van der Waals surface area contributed by atoms with Crippen molar-refractivity contribution in [2.24, 2.45) is 0 Å². The first-order valence-corrected chi connectivity index (χ1v) is 10.3. The number of esters is 2. The molecule has 1 aliphatic carbocycles. The lowest BCUT2D eigenvalue weighted by Crippen LogP contribution is -2.22. The predicted octanol–water partition coefficient (Wildman–Crippen LogP) is 3.64. The van der Waals surface area contributed by atoms with Gasteiger partial charge in [-0.05, 0) is 62.9 Å². The Bertz CT molecular complexity index is 918. The van der Waals surface area contributed by atoms with E-state index in [4.69, 9.17) is 9.47 Å². The van der Waals surface area contributed by atoms with E-state index in [0.29, 0.717) is 21.8 Å². The summed E-state index contributed by atoms with van der Waals surface area (Å²) in [6, 6.07) is 6.71. The molecule has 0 saturated carbocycles. The standard InChI is InChI=1S/C21H24N2O5S/c1-12(2)28-20(25)13-7-9-14(10-8-13)22-11-17(24)23-19-18(21(26)27-3)15-5-4-6-16(15)29-19/h7-10,12,22H,4-6,11H2,1-3H3,(H,23,24). The number of fused-ring (bicyclic) bond motifs is 1. The highest BCUT2D eigenvalue weighted by molar-refractivity contribution is 7.17. The topological polar surface area (TPSA) is 93.7 Å². The number of ether oxygens (including phenoxy) is 2. The van der Waals surface area contributed by atoms with Crippen molar-refractivity contribution >= 4 is 39.9 Å². The summed E-state index contributed by atoms with van der Waals surface area (Å²) in [4.78, 5) is 37.5. The van der Waals surface area contributed by atoms with Crippen LogP contribution in [0, 0.1) is 0 Å². The Kier molecular flexibility index (Phi) is 6.53. The van der Waals surface area contributed by atoms with E-state index < -0.39 is 5.97 Å². The molecular weight excluding hydrogens is 392 g/mol. The van der Waals surface area contributed by atoms with E-state index in [1.165, 1.54) is 18.4 Å². The number of aryl methyl sites for hydroxylation is 1. The molecule has 1 aromatic carbocycles. The average Bonchev–Trinajstić information content (AvgIpc) is 3.26. The molecule has 29 heavy (non-hydrogen) atoms. The van der Waals surface area contributed by atoms with Gasteiger partial charge in [-0.25, -0.2) is 9.59 Å². The van der Waals surface area contributed by atoms with Crippen molar-refractivity contribution in [1.29, 1.82) is 0 Å². The highest BCUT2D eigenvalue weighted by Crippen LogP contribution is 2.39. The van der Waals surface area contributed by atoms with Crippen molar-refractivity contribution in [3.8, 4) is 0 Å². The zero-order valence-corrected chi connectivity index (χ0v) is 17.5. The molecule has 2 N–H and O–H groups in total. The number of hydrogen-bond donors (Lipinski definition) is 2. The molecule has 2 aromatic rings. The van der Waals surface area contributed by atoms with Gasteiger partial charge in [0.05, 0.1) is 30.9 Å². The number of thiophene rings is 1. The van der Waals surface area contributed by atoms with Crippen molar-refractivity contribution < 1.29 is 23.9 Å². The Balaban J connectivity index is 1.60. The van der Waals surface area contributed by atoms with Gasteiger partial charge >= 0.3 is 11.9 Å². The highest BCUT2D eigenvalue weighted by atomic mass is 32.1. The third kappa shape index (κ3) is 4.95. The molecule has 0 unspecified atom stereocenters. The minimum Gasteiger partial charge on any atom is -0.465 e. The van der Waals surface area contributed by atoms with Gasteiger partial charge in [-0.2, -0.15) is 0 Å². The van der Waals surface area contributed by atoms with E-state index in [1.807, 2.05) is 0 Å². The van der Waals surface area contributed by atoms with Crippen LogP contribution in [0.15, 0.2) is 24.3 Å². The summed E-state index contributed by atoms with van der Waals surface area (Å²) in [5, 5.41) is 6.37. The van der Waals surface area contributed by atoms with Crippen molar-refractivity contribution in [2.45, 2.75) is 39.2 Å². The summed E-state index contributed by atoms with van der Waals surface area (Å²) >= 11 is 1.44. The number of carbonyl (C=O) groups is 3. The lowest BCUT2D eigenvalue weighted by molar-refractivity contribution is -0.114. The van der Waals surface area contributed by atoms with Crippen LogP contribution in [-0.4, -0.2) is 37.6 Å². The van der Waals surface area contributed by atoms with Crippen LogP contribution in [0.25, 0.3) is 0 Å². The molecule has 1 aliphatic rings. The molecule has 3 rings (SSSR count). The van der Waals surface area contributed by atoms with Crippen LogP contribution < -0.4 is 10.6 Å².